The summed E-state index contributed by atoms with van der Waals surface area (Å²) in [5.41, 5.74) is 4.96. The first kappa shape index (κ1) is 21.3. The topological polar surface area (TPSA) is 94.3 Å². The lowest BCUT2D eigenvalue weighted by molar-refractivity contribution is -0.118. The van der Waals surface area contributed by atoms with Crippen molar-refractivity contribution >= 4 is 23.9 Å². The highest BCUT2D eigenvalue weighted by Gasteiger charge is 2.17. The number of carbonyl (C=O) groups excluding carboxylic acids is 1. The molecule has 0 aliphatic rings. The average molecular weight is 445 g/mol. The predicted molar refractivity (Wildman–Crippen MR) is 124 cm³/mol. The fraction of sp³-hybridized carbons (Fsp3) is 0.0870. The van der Waals surface area contributed by atoms with Crippen molar-refractivity contribution in [2.45, 2.75) is 5.16 Å². The number of rotatable bonds is 8. The number of ether oxygens (including phenoxy) is 1. The van der Waals surface area contributed by atoms with Gasteiger partial charge >= 0.3 is 0 Å². The van der Waals surface area contributed by atoms with Crippen molar-refractivity contribution in [2.75, 3.05) is 12.9 Å². The molecule has 0 spiro atoms. The number of nitrogens with one attached hydrogen (secondary N) is 1. The number of carbonyl (C=O) groups is 1. The Kier molecular flexibility index (Phi) is 6.88. The zero-order valence-corrected chi connectivity index (χ0v) is 18.1. The third-order valence-corrected chi connectivity index (χ3v) is 5.33. The maximum absolute atomic E-state index is 12.3. The van der Waals surface area contributed by atoms with Gasteiger partial charge in [0.05, 0.1) is 24.8 Å². The Hall–Kier alpha value is -3.98. The van der Waals surface area contributed by atoms with E-state index in [9.17, 15) is 4.79 Å². The van der Waals surface area contributed by atoms with Gasteiger partial charge in [0, 0.05) is 17.4 Å². The number of pyridine rings is 1. The van der Waals surface area contributed by atoms with Crippen LogP contribution >= 0.6 is 11.8 Å². The van der Waals surface area contributed by atoms with E-state index in [0.717, 1.165) is 17.0 Å². The van der Waals surface area contributed by atoms with Crippen molar-refractivity contribution in [3.63, 3.8) is 0 Å². The molecule has 2 aromatic heterocycles. The summed E-state index contributed by atoms with van der Waals surface area (Å²) in [5.74, 6) is 1.31. The molecule has 0 atom stereocenters. The normalized spacial score (nSPS) is 10.9. The predicted octanol–water partition coefficient (Wildman–Crippen LogP) is 3.58. The molecule has 160 valence electrons. The van der Waals surface area contributed by atoms with Gasteiger partial charge in [-0.1, -0.05) is 48.2 Å². The lowest BCUT2D eigenvalue weighted by Crippen LogP contribution is -2.20. The van der Waals surface area contributed by atoms with E-state index in [1.807, 2.05) is 71.3 Å². The second-order valence-corrected chi connectivity index (χ2v) is 7.48. The van der Waals surface area contributed by atoms with Crippen LogP contribution in [0.15, 0.2) is 89.3 Å². The molecule has 4 aromatic rings. The number of hydrogen-bond donors (Lipinski definition) is 1. The van der Waals surface area contributed by atoms with Crippen LogP contribution in [0.25, 0.3) is 17.1 Å². The number of nitrogens with zero attached hydrogens (tertiary/aromatic N) is 5. The number of amides is 1. The third-order valence-electron chi connectivity index (χ3n) is 4.40. The van der Waals surface area contributed by atoms with Crippen LogP contribution in [0.5, 0.6) is 5.75 Å². The van der Waals surface area contributed by atoms with Crippen LogP contribution in [0.3, 0.4) is 0 Å². The largest absolute Gasteiger partial charge is 0.497 e. The minimum absolute atomic E-state index is 0.128. The van der Waals surface area contributed by atoms with Crippen molar-refractivity contribution in [3.8, 4) is 22.8 Å². The maximum Gasteiger partial charge on any atom is 0.250 e. The summed E-state index contributed by atoms with van der Waals surface area (Å²) in [5, 5.41) is 13.2. The molecule has 4 rings (SSSR count). The molecule has 9 heteroatoms. The first-order chi connectivity index (χ1) is 15.7. The van der Waals surface area contributed by atoms with Gasteiger partial charge in [-0.15, -0.1) is 10.2 Å². The van der Waals surface area contributed by atoms with E-state index in [1.165, 1.54) is 18.0 Å². The molecule has 0 unspecified atom stereocenters. The molecule has 32 heavy (non-hydrogen) atoms. The summed E-state index contributed by atoms with van der Waals surface area (Å²) in [6.07, 6.45) is 3.16. The molecule has 0 radical (unpaired) electrons. The Morgan fingerprint density at radius 2 is 1.84 bits per heavy atom. The molecule has 0 saturated heterocycles. The Balaban J connectivity index is 1.52. The summed E-state index contributed by atoms with van der Waals surface area (Å²) in [6.45, 7) is 0. The number of thioether (sulfide) groups is 1. The summed E-state index contributed by atoms with van der Waals surface area (Å²) < 4.78 is 7.18. The maximum atomic E-state index is 12.3. The highest BCUT2D eigenvalue weighted by atomic mass is 32.2. The SMILES string of the molecule is COc1ccc(-n2c(SCC(=O)NN=Cc3ccccn3)nnc2-c2ccccc2)cc1. The van der Waals surface area contributed by atoms with Crippen LogP contribution < -0.4 is 10.2 Å². The summed E-state index contributed by atoms with van der Waals surface area (Å²) in [7, 11) is 1.62. The van der Waals surface area contributed by atoms with Crippen LogP contribution in [0.1, 0.15) is 5.69 Å². The van der Waals surface area contributed by atoms with E-state index in [1.54, 1.807) is 19.4 Å². The average Bonchev–Trinajstić information content (AvgIpc) is 3.28. The zero-order valence-electron chi connectivity index (χ0n) is 17.3. The van der Waals surface area contributed by atoms with Crippen LogP contribution in [-0.2, 0) is 4.79 Å². The molecule has 2 heterocycles. The Morgan fingerprint density at radius 1 is 1.06 bits per heavy atom. The molecule has 1 amide bonds. The lowest BCUT2D eigenvalue weighted by atomic mass is 10.2. The molecular formula is C23H20N6O2S. The van der Waals surface area contributed by atoms with Gasteiger partial charge in [0.25, 0.3) is 5.91 Å². The molecule has 0 aliphatic carbocycles. The monoisotopic (exact) mass is 444 g/mol. The van der Waals surface area contributed by atoms with Crippen LogP contribution in [-0.4, -0.2) is 44.7 Å². The van der Waals surface area contributed by atoms with Gasteiger partial charge in [-0.3, -0.25) is 14.3 Å². The molecule has 0 aliphatic heterocycles. The molecular weight excluding hydrogens is 424 g/mol. The quantitative estimate of drug-likeness (QED) is 0.254. The van der Waals surface area contributed by atoms with Crippen molar-refractivity contribution in [2.24, 2.45) is 5.10 Å². The van der Waals surface area contributed by atoms with Crippen molar-refractivity contribution in [3.05, 3.63) is 84.7 Å². The number of benzene rings is 2. The summed E-state index contributed by atoms with van der Waals surface area (Å²) >= 11 is 1.28. The van der Waals surface area contributed by atoms with Gasteiger partial charge in [0.2, 0.25) is 0 Å². The second-order valence-electron chi connectivity index (χ2n) is 6.54. The fourth-order valence-electron chi connectivity index (χ4n) is 2.89. The summed E-state index contributed by atoms with van der Waals surface area (Å²) in [6, 6.07) is 22.8. The highest BCUT2D eigenvalue weighted by Crippen LogP contribution is 2.28. The van der Waals surface area contributed by atoms with E-state index in [0.29, 0.717) is 16.7 Å². The first-order valence-corrected chi connectivity index (χ1v) is 10.7. The van der Waals surface area contributed by atoms with Crippen LogP contribution in [0.2, 0.25) is 0 Å². The third kappa shape index (κ3) is 5.19. The molecule has 1 N–H and O–H groups in total. The smallest absolute Gasteiger partial charge is 0.250 e. The zero-order chi connectivity index (χ0) is 22.2. The number of hydrogen-bond acceptors (Lipinski definition) is 7. The minimum atomic E-state index is -0.257. The molecule has 0 fully saturated rings. The molecule has 0 bridgehead atoms. The molecule has 0 saturated carbocycles. The van der Waals surface area contributed by atoms with Gasteiger partial charge < -0.3 is 4.74 Å². The van der Waals surface area contributed by atoms with E-state index in [4.69, 9.17) is 4.74 Å². The number of hydrazone groups is 1. The van der Waals surface area contributed by atoms with Crippen molar-refractivity contribution < 1.29 is 9.53 Å². The number of aromatic nitrogens is 4. The second kappa shape index (κ2) is 10.4. The Labute approximate surface area is 189 Å². The van der Waals surface area contributed by atoms with Gasteiger partial charge in [0.15, 0.2) is 11.0 Å². The minimum Gasteiger partial charge on any atom is -0.497 e. The van der Waals surface area contributed by atoms with Crippen LogP contribution in [0.4, 0.5) is 0 Å². The van der Waals surface area contributed by atoms with Crippen molar-refractivity contribution in [1.29, 1.82) is 0 Å². The van der Waals surface area contributed by atoms with Gasteiger partial charge in [-0.05, 0) is 36.4 Å². The summed E-state index contributed by atoms with van der Waals surface area (Å²) in [4.78, 5) is 16.4. The fourth-order valence-corrected chi connectivity index (χ4v) is 3.63. The van der Waals surface area contributed by atoms with E-state index < -0.39 is 0 Å². The first-order valence-electron chi connectivity index (χ1n) is 9.75. The van der Waals surface area contributed by atoms with Gasteiger partial charge in [-0.2, -0.15) is 5.10 Å². The molecule has 2 aromatic carbocycles. The van der Waals surface area contributed by atoms with Crippen molar-refractivity contribution in [1.82, 2.24) is 25.2 Å². The highest BCUT2D eigenvalue weighted by molar-refractivity contribution is 7.99. The van der Waals surface area contributed by atoms with Crippen LogP contribution in [0, 0.1) is 0 Å². The lowest BCUT2D eigenvalue weighted by Gasteiger charge is -2.11. The van der Waals surface area contributed by atoms with Gasteiger partial charge in [0.1, 0.15) is 5.75 Å². The van der Waals surface area contributed by atoms with Gasteiger partial charge in [-0.25, -0.2) is 5.43 Å². The Bertz CT molecular complexity index is 1190. The molecule has 8 nitrogen and oxygen atoms in total. The van der Waals surface area contributed by atoms with E-state index >= 15 is 0 Å². The van der Waals surface area contributed by atoms with E-state index in [2.05, 4.69) is 25.7 Å². The Morgan fingerprint density at radius 3 is 2.56 bits per heavy atom. The number of methoxy groups -OCH3 is 1. The van der Waals surface area contributed by atoms with E-state index in [-0.39, 0.29) is 11.7 Å². The standard InChI is InChI=1S/C23H20N6O2S/c1-31-20-12-10-19(11-13-20)29-22(17-7-3-2-4-8-17)27-28-23(29)32-16-21(30)26-25-15-18-9-5-6-14-24-18/h2-15H,16H2,1H3,(H,26,30).